The molecule has 0 N–H and O–H groups in total. The van der Waals surface area contributed by atoms with Gasteiger partial charge in [-0.15, -0.1) is 0 Å². The molecule has 0 bridgehead atoms. The first kappa shape index (κ1) is 18.5. The molecule has 1 amide bonds. The van der Waals surface area contributed by atoms with Crippen LogP contribution in [0.3, 0.4) is 0 Å². The van der Waals surface area contributed by atoms with Crippen LogP contribution in [0.2, 0.25) is 5.02 Å². The smallest absolute Gasteiger partial charge is 0.395 e. The van der Waals surface area contributed by atoms with Crippen molar-refractivity contribution in [2.24, 2.45) is 5.41 Å². The van der Waals surface area contributed by atoms with Crippen molar-refractivity contribution in [3.8, 4) is 6.08 Å². The van der Waals surface area contributed by atoms with E-state index in [0.29, 0.717) is 22.7 Å². The molecular weight excluding hydrogens is 352 g/mol. The Labute approximate surface area is 158 Å². The predicted octanol–water partition coefficient (Wildman–Crippen LogP) is 4.97. The van der Waals surface area contributed by atoms with Crippen molar-refractivity contribution in [1.29, 1.82) is 0 Å². The summed E-state index contributed by atoms with van der Waals surface area (Å²) in [5.74, 6) is -0.121. The summed E-state index contributed by atoms with van der Waals surface area (Å²) in [6, 6.07) is 5.15. The maximum absolute atomic E-state index is 12.7. The Hall–Kier alpha value is -2.27. The number of nitrogens with zero attached hydrogens (tertiary/aromatic N) is 2. The molecule has 0 fully saturated rings. The fourth-order valence-corrected chi connectivity index (χ4v) is 3.51. The number of aromatic nitrogens is 1. The van der Waals surface area contributed by atoms with Crippen LogP contribution in [0.1, 0.15) is 34.1 Å². The van der Waals surface area contributed by atoms with Crippen LogP contribution in [0.15, 0.2) is 46.0 Å². The van der Waals surface area contributed by atoms with Gasteiger partial charge in [0, 0.05) is 23.3 Å². The van der Waals surface area contributed by atoms with Crippen LogP contribution in [0.25, 0.3) is 11.1 Å². The summed E-state index contributed by atoms with van der Waals surface area (Å²) in [4.78, 5) is 18.7. The molecule has 6 heteroatoms. The Bertz CT molecular complexity index is 896. The van der Waals surface area contributed by atoms with Crippen molar-refractivity contribution in [2.45, 2.75) is 34.1 Å². The molecule has 0 spiro atoms. The summed E-state index contributed by atoms with van der Waals surface area (Å²) in [6.45, 7) is 8.80. The number of fused-ring (bicyclic) bond motifs is 1. The van der Waals surface area contributed by atoms with Gasteiger partial charge in [0.25, 0.3) is 5.91 Å². The average molecular weight is 375 g/mol. The molecule has 1 aliphatic carbocycles. The molecule has 1 aromatic carbocycles. The van der Waals surface area contributed by atoms with Gasteiger partial charge in [0.15, 0.2) is 12.2 Å². The summed E-state index contributed by atoms with van der Waals surface area (Å²) in [5, 5.41) is 0.559. The Balaban J connectivity index is 1.70. The van der Waals surface area contributed by atoms with Gasteiger partial charge in [-0.2, -0.15) is 4.98 Å². The highest BCUT2D eigenvalue weighted by Gasteiger charge is 2.26. The zero-order chi connectivity index (χ0) is 18.9. The minimum absolute atomic E-state index is 0.0300. The maximum atomic E-state index is 12.7. The van der Waals surface area contributed by atoms with Gasteiger partial charge in [0.05, 0.1) is 0 Å². The van der Waals surface area contributed by atoms with Gasteiger partial charge in [0.2, 0.25) is 0 Å². The third-order valence-corrected chi connectivity index (χ3v) is 4.50. The first-order valence-corrected chi connectivity index (χ1v) is 9.04. The SMILES string of the molecule is CCN(C(=O)COc1nc2ccc(Cl)cc2o1)C1=CC(C)=CC(C)(C)C1. The standard InChI is InChI=1S/C20H23ClN2O3/c1-5-23(15-8-13(2)10-20(3,4)11-15)18(24)12-25-19-22-16-7-6-14(21)9-17(16)26-19/h6-10H,5,11-12H2,1-4H3. The van der Waals surface area contributed by atoms with Gasteiger partial charge in [-0.25, -0.2) is 0 Å². The number of rotatable bonds is 5. The Kier molecular flexibility index (Phi) is 5.10. The number of benzene rings is 1. The lowest BCUT2D eigenvalue weighted by molar-refractivity contribution is -0.131. The number of allylic oxidation sites excluding steroid dienone is 4. The minimum atomic E-state index is -0.130. The van der Waals surface area contributed by atoms with Gasteiger partial charge >= 0.3 is 6.08 Å². The average Bonchev–Trinajstić information content (AvgIpc) is 2.93. The number of likely N-dealkylation sites (N-methyl/N-ethyl adjacent to an activating group) is 1. The number of amides is 1. The van der Waals surface area contributed by atoms with Crippen LogP contribution in [0.5, 0.6) is 6.08 Å². The quantitative estimate of drug-likeness (QED) is 0.741. The van der Waals surface area contributed by atoms with E-state index in [9.17, 15) is 4.79 Å². The fourth-order valence-electron chi connectivity index (χ4n) is 3.34. The van der Waals surface area contributed by atoms with Crippen molar-refractivity contribution >= 4 is 28.6 Å². The number of hydrogen-bond acceptors (Lipinski definition) is 4. The normalized spacial score (nSPS) is 16.2. The third-order valence-electron chi connectivity index (χ3n) is 4.26. The molecule has 0 saturated heterocycles. The van der Waals surface area contributed by atoms with Gasteiger partial charge in [-0.3, -0.25) is 4.79 Å². The molecule has 0 atom stereocenters. The van der Waals surface area contributed by atoms with E-state index in [4.69, 9.17) is 20.8 Å². The second-order valence-electron chi connectivity index (χ2n) is 7.21. The molecule has 0 saturated carbocycles. The molecule has 0 radical (unpaired) electrons. The summed E-state index contributed by atoms with van der Waals surface area (Å²) in [5.41, 5.74) is 3.38. The lowest BCUT2D eigenvalue weighted by Crippen LogP contribution is -2.36. The molecule has 138 valence electrons. The lowest BCUT2D eigenvalue weighted by atomic mass is 9.81. The Morgan fingerprint density at radius 3 is 2.88 bits per heavy atom. The monoisotopic (exact) mass is 374 g/mol. The Morgan fingerprint density at radius 2 is 2.19 bits per heavy atom. The number of halogens is 1. The van der Waals surface area contributed by atoms with E-state index in [2.05, 4.69) is 37.9 Å². The summed E-state index contributed by atoms with van der Waals surface area (Å²) in [6.07, 6.45) is 5.18. The molecule has 1 heterocycles. The van der Waals surface area contributed by atoms with Gasteiger partial charge < -0.3 is 14.1 Å². The number of oxazole rings is 1. The molecule has 3 rings (SSSR count). The molecule has 5 nitrogen and oxygen atoms in total. The van der Waals surface area contributed by atoms with E-state index >= 15 is 0 Å². The van der Waals surface area contributed by atoms with E-state index in [1.807, 2.05) is 6.92 Å². The molecule has 2 aromatic rings. The molecule has 0 aliphatic heterocycles. The highest BCUT2D eigenvalue weighted by molar-refractivity contribution is 6.31. The predicted molar refractivity (Wildman–Crippen MR) is 102 cm³/mol. The highest BCUT2D eigenvalue weighted by atomic mass is 35.5. The van der Waals surface area contributed by atoms with Crippen molar-refractivity contribution < 1.29 is 13.9 Å². The zero-order valence-electron chi connectivity index (χ0n) is 15.5. The number of carbonyl (C=O) groups excluding carboxylic acids is 1. The van der Waals surface area contributed by atoms with Gasteiger partial charge in [-0.1, -0.05) is 37.1 Å². The largest absolute Gasteiger partial charge is 0.440 e. The Morgan fingerprint density at radius 1 is 1.42 bits per heavy atom. The second kappa shape index (κ2) is 7.16. The van der Waals surface area contributed by atoms with Crippen LogP contribution >= 0.6 is 11.6 Å². The van der Waals surface area contributed by atoms with Crippen LogP contribution in [-0.2, 0) is 4.79 Å². The maximum Gasteiger partial charge on any atom is 0.395 e. The number of ether oxygens (including phenoxy) is 1. The molecule has 1 aliphatic rings. The van der Waals surface area contributed by atoms with Crippen molar-refractivity contribution in [3.05, 3.63) is 46.6 Å². The van der Waals surface area contributed by atoms with E-state index in [1.165, 1.54) is 5.57 Å². The van der Waals surface area contributed by atoms with Gasteiger partial charge in [0.1, 0.15) is 5.52 Å². The van der Waals surface area contributed by atoms with Crippen LogP contribution in [0.4, 0.5) is 0 Å². The first-order valence-electron chi connectivity index (χ1n) is 8.67. The van der Waals surface area contributed by atoms with Crippen molar-refractivity contribution in [3.63, 3.8) is 0 Å². The lowest BCUT2D eigenvalue weighted by Gasteiger charge is -2.33. The number of carbonyl (C=O) groups is 1. The van der Waals surface area contributed by atoms with Crippen molar-refractivity contribution in [1.82, 2.24) is 9.88 Å². The van der Waals surface area contributed by atoms with Gasteiger partial charge in [-0.05, 0) is 43.9 Å². The summed E-state index contributed by atoms with van der Waals surface area (Å²) < 4.78 is 11.0. The van der Waals surface area contributed by atoms with Crippen LogP contribution < -0.4 is 4.74 Å². The molecule has 0 unspecified atom stereocenters. The summed E-state index contributed by atoms with van der Waals surface area (Å²) >= 11 is 5.94. The second-order valence-corrected chi connectivity index (χ2v) is 7.64. The van der Waals surface area contributed by atoms with E-state index in [1.54, 1.807) is 23.1 Å². The third kappa shape index (κ3) is 4.10. The fraction of sp³-hybridized carbons (Fsp3) is 0.400. The first-order chi connectivity index (χ1) is 12.3. The summed E-state index contributed by atoms with van der Waals surface area (Å²) in [7, 11) is 0. The zero-order valence-corrected chi connectivity index (χ0v) is 16.3. The van der Waals surface area contributed by atoms with E-state index in [0.717, 1.165) is 12.1 Å². The molecular formula is C20H23ClN2O3. The minimum Gasteiger partial charge on any atom is -0.440 e. The molecule has 26 heavy (non-hydrogen) atoms. The van der Waals surface area contributed by atoms with Crippen LogP contribution in [-0.4, -0.2) is 28.9 Å². The topological polar surface area (TPSA) is 55.6 Å². The van der Waals surface area contributed by atoms with Crippen molar-refractivity contribution in [2.75, 3.05) is 13.2 Å². The van der Waals surface area contributed by atoms with E-state index in [-0.39, 0.29) is 24.0 Å². The highest BCUT2D eigenvalue weighted by Crippen LogP contribution is 2.34. The van der Waals surface area contributed by atoms with E-state index < -0.39 is 0 Å². The molecule has 1 aromatic heterocycles. The number of hydrogen-bond donors (Lipinski definition) is 0. The van der Waals surface area contributed by atoms with Crippen LogP contribution in [0, 0.1) is 5.41 Å².